The van der Waals surface area contributed by atoms with Crippen molar-refractivity contribution in [1.82, 2.24) is 15.1 Å². The summed E-state index contributed by atoms with van der Waals surface area (Å²) in [6, 6.07) is 8.93. The molecule has 0 fully saturated rings. The van der Waals surface area contributed by atoms with E-state index in [1.54, 1.807) is 4.68 Å². The Morgan fingerprint density at radius 2 is 1.70 bits per heavy atom. The minimum absolute atomic E-state index is 0.0453. The first-order valence-corrected chi connectivity index (χ1v) is 9.87. The van der Waals surface area contributed by atoms with Gasteiger partial charge < -0.3 is 10.6 Å². The first kappa shape index (κ1) is 21.2. The van der Waals surface area contributed by atoms with Crippen LogP contribution in [0.5, 0.6) is 0 Å². The van der Waals surface area contributed by atoms with Crippen molar-refractivity contribution in [3.8, 4) is 0 Å². The van der Waals surface area contributed by atoms with E-state index < -0.39 is 0 Å². The quantitative estimate of drug-likeness (QED) is 0.720. The molecule has 5 nitrogen and oxygen atoms in total. The number of nitrogens with one attached hydrogen (secondary N) is 2. The van der Waals surface area contributed by atoms with Gasteiger partial charge in [0.25, 0.3) is 0 Å². The summed E-state index contributed by atoms with van der Waals surface area (Å²) in [6.07, 6.45) is 1.14. The third kappa shape index (κ3) is 5.19. The number of rotatable bonds is 8. The number of hydrogen-bond acceptors (Lipinski definition) is 3. The number of carbonyl (C=O) groups excluding carboxylic acids is 1. The van der Waals surface area contributed by atoms with Crippen molar-refractivity contribution in [2.75, 3.05) is 11.9 Å². The van der Waals surface area contributed by atoms with Crippen LogP contribution in [0.15, 0.2) is 24.3 Å². The lowest BCUT2D eigenvalue weighted by Crippen LogP contribution is -2.33. The first-order chi connectivity index (χ1) is 12.7. The van der Waals surface area contributed by atoms with Gasteiger partial charge in [0.15, 0.2) is 0 Å². The minimum Gasteiger partial charge on any atom is -0.322 e. The monoisotopic (exact) mass is 370 g/mol. The molecule has 1 amide bonds. The lowest BCUT2D eigenvalue weighted by Gasteiger charge is -2.23. The van der Waals surface area contributed by atoms with Gasteiger partial charge in [-0.15, -0.1) is 0 Å². The molecular formula is C22H34N4O. The third-order valence-electron chi connectivity index (χ3n) is 5.40. The highest BCUT2D eigenvalue weighted by Gasteiger charge is 2.18. The van der Waals surface area contributed by atoms with Gasteiger partial charge in [0.05, 0.1) is 23.6 Å². The van der Waals surface area contributed by atoms with Crippen molar-refractivity contribution < 1.29 is 4.79 Å². The third-order valence-corrected chi connectivity index (χ3v) is 5.40. The highest BCUT2D eigenvalue weighted by Crippen LogP contribution is 2.25. The van der Waals surface area contributed by atoms with Crippen molar-refractivity contribution in [2.24, 2.45) is 13.0 Å². The van der Waals surface area contributed by atoms with E-state index in [-0.39, 0.29) is 18.5 Å². The van der Waals surface area contributed by atoms with Gasteiger partial charge in [-0.2, -0.15) is 5.10 Å². The summed E-state index contributed by atoms with van der Waals surface area (Å²) in [5.41, 5.74) is 5.19. The largest absolute Gasteiger partial charge is 0.322 e. The van der Waals surface area contributed by atoms with E-state index in [4.69, 9.17) is 0 Å². The number of aromatic nitrogens is 2. The lowest BCUT2D eigenvalue weighted by atomic mass is 9.92. The van der Waals surface area contributed by atoms with Gasteiger partial charge in [-0.05, 0) is 43.2 Å². The van der Waals surface area contributed by atoms with Crippen molar-refractivity contribution in [2.45, 2.75) is 59.9 Å². The maximum atomic E-state index is 12.5. The molecule has 5 heteroatoms. The predicted octanol–water partition coefficient (Wildman–Crippen LogP) is 4.48. The highest BCUT2D eigenvalue weighted by molar-refractivity contribution is 5.93. The zero-order valence-electron chi connectivity index (χ0n) is 17.8. The molecule has 1 aromatic carbocycles. The van der Waals surface area contributed by atoms with Gasteiger partial charge in [-0.3, -0.25) is 9.48 Å². The van der Waals surface area contributed by atoms with Crippen LogP contribution in [0.2, 0.25) is 0 Å². The fourth-order valence-electron chi connectivity index (χ4n) is 3.35. The summed E-state index contributed by atoms with van der Waals surface area (Å²) < 4.78 is 1.79. The summed E-state index contributed by atoms with van der Waals surface area (Å²) in [7, 11) is 1.88. The summed E-state index contributed by atoms with van der Waals surface area (Å²) in [5.74, 6) is 0.909. The Hall–Kier alpha value is -2.14. The van der Waals surface area contributed by atoms with Crippen LogP contribution < -0.4 is 10.6 Å². The van der Waals surface area contributed by atoms with E-state index in [1.807, 2.05) is 20.9 Å². The maximum absolute atomic E-state index is 12.5. The van der Waals surface area contributed by atoms with Crippen LogP contribution in [-0.4, -0.2) is 22.2 Å². The maximum Gasteiger partial charge on any atom is 0.238 e. The second kappa shape index (κ2) is 9.18. The number of anilines is 1. The van der Waals surface area contributed by atoms with E-state index in [1.165, 1.54) is 11.1 Å². The van der Waals surface area contributed by atoms with Crippen LogP contribution in [0.3, 0.4) is 0 Å². The standard InChI is InChI=1S/C22H34N4O/c1-8-15(4)18-9-11-19(12-10-18)21(14(2)3)23-13-20(27)24-22-16(5)25-26(7)17(22)6/h9-12,14-15,21,23H,8,13H2,1-7H3,(H,24,27)/t15-,21-/m1/s1. The second-order valence-corrected chi connectivity index (χ2v) is 7.80. The molecule has 1 aromatic heterocycles. The summed E-state index contributed by atoms with van der Waals surface area (Å²) in [6.45, 7) is 12.9. The average molecular weight is 371 g/mol. The fourth-order valence-corrected chi connectivity index (χ4v) is 3.35. The minimum atomic E-state index is -0.0453. The molecule has 0 saturated carbocycles. The number of carbonyl (C=O) groups is 1. The molecule has 0 radical (unpaired) electrons. The molecule has 0 saturated heterocycles. The summed E-state index contributed by atoms with van der Waals surface area (Å²) in [5, 5.41) is 10.8. The van der Waals surface area contributed by atoms with Crippen molar-refractivity contribution in [3.63, 3.8) is 0 Å². The Bertz CT molecular complexity index is 761. The SMILES string of the molecule is CC[C@@H](C)c1ccc([C@H](NCC(=O)Nc2c(C)nn(C)c2C)C(C)C)cc1. The summed E-state index contributed by atoms with van der Waals surface area (Å²) >= 11 is 0. The van der Waals surface area contributed by atoms with Crippen molar-refractivity contribution in [1.29, 1.82) is 0 Å². The van der Waals surface area contributed by atoms with Crippen LogP contribution in [0.25, 0.3) is 0 Å². The Labute approximate surface area is 163 Å². The fraction of sp³-hybridized carbons (Fsp3) is 0.545. The van der Waals surface area contributed by atoms with Gasteiger partial charge in [0.1, 0.15) is 0 Å². The summed E-state index contributed by atoms with van der Waals surface area (Å²) in [4.78, 5) is 12.5. The van der Waals surface area contributed by atoms with Crippen LogP contribution in [0.1, 0.15) is 68.6 Å². The van der Waals surface area contributed by atoms with E-state index in [2.05, 4.69) is 67.7 Å². The van der Waals surface area contributed by atoms with E-state index in [9.17, 15) is 4.79 Å². The van der Waals surface area contributed by atoms with Crippen LogP contribution in [0, 0.1) is 19.8 Å². The van der Waals surface area contributed by atoms with Gasteiger partial charge in [0.2, 0.25) is 5.91 Å². The molecule has 2 N–H and O–H groups in total. The molecule has 0 spiro atoms. The van der Waals surface area contributed by atoms with Gasteiger partial charge in [-0.25, -0.2) is 0 Å². The molecule has 2 atom stereocenters. The van der Waals surface area contributed by atoms with Gasteiger partial charge >= 0.3 is 0 Å². The number of amides is 1. The first-order valence-electron chi connectivity index (χ1n) is 9.87. The Kier molecular flexibility index (Phi) is 7.19. The van der Waals surface area contributed by atoms with E-state index in [0.29, 0.717) is 11.8 Å². The van der Waals surface area contributed by atoms with E-state index >= 15 is 0 Å². The Morgan fingerprint density at radius 1 is 1.11 bits per heavy atom. The predicted molar refractivity (Wildman–Crippen MR) is 112 cm³/mol. The molecule has 0 aliphatic heterocycles. The number of benzene rings is 1. The zero-order chi connectivity index (χ0) is 20.1. The lowest BCUT2D eigenvalue weighted by molar-refractivity contribution is -0.115. The average Bonchev–Trinajstić information content (AvgIpc) is 2.87. The zero-order valence-corrected chi connectivity index (χ0v) is 17.8. The topological polar surface area (TPSA) is 59.0 Å². The number of hydrogen-bond donors (Lipinski definition) is 2. The van der Waals surface area contributed by atoms with E-state index in [0.717, 1.165) is 23.5 Å². The van der Waals surface area contributed by atoms with Crippen molar-refractivity contribution >= 4 is 11.6 Å². The smallest absolute Gasteiger partial charge is 0.238 e. The molecule has 0 aliphatic carbocycles. The number of aryl methyl sites for hydroxylation is 2. The normalized spacial score (nSPS) is 13.6. The van der Waals surface area contributed by atoms with Crippen LogP contribution in [0.4, 0.5) is 5.69 Å². The number of nitrogens with zero attached hydrogens (tertiary/aromatic N) is 2. The molecule has 1 heterocycles. The Morgan fingerprint density at radius 3 is 2.19 bits per heavy atom. The molecule has 2 aromatic rings. The molecule has 0 bridgehead atoms. The van der Waals surface area contributed by atoms with Gasteiger partial charge in [0, 0.05) is 13.1 Å². The van der Waals surface area contributed by atoms with Crippen LogP contribution in [-0.2, 0) is 11.8 Å². The second-order valence-electron chi connectivity index (χ2n) is 7.80. The molecule has 2 rings (SSSR count). The Balaban J connectivity index is 2.03. The highest BCUT2D eigenvalue weighted by atomic mass is 16.1. The molecule has 0 aliphatic rings. The van der Waals surface area contributed by atoms with Crippen molar-refractivity contribution in [3.05, 3.63) is 46.8 Å². The van der Waals surface area contributed by atoms with Gasteiger partial charge in [-0.1, -0.05) is 52.0 Å². The molecule has 148 valence electrons. The molecular weight excluding hydrogens is 336 g/mol. The van der Waals surface area contributed by atoms with Crippen LogP contribution >= 0.6 is 0 Å². The molecule has 0 unspecified atom stereocenters. The molecule has 27 heavy (non-hydrogen) atoms.